The fourth-order valence-corrected chi connectivity index (χ4v) is 2.78. The molecule has 0 fully saturated rings. The highest BCUT2D eigenvalue weighted by atomic mass is 19.4. The molecule has 1 aliphatic carbocycles. The normalized spacial score (nSPS) is 17.7. The number of hydrogen-bond donors (Lipinski definition) is 0. The molecule has 0 aromatic heterocycles. The average molecular weight is 312 g/mol. The highest BCUT2D eigenvalue weighted by Gasteiger charge is 2.36. The first-order valence-electron chi connectivity index (χ1n) is 7.21. The van der Waals surface area contributed by atoms with Gasteiger partial charge in [0.25, 0.3) is 0 Å². The van der Waals surface area contributed by atoms with E-state index >= 15 is 0 Å². The van der Waals surface area contributed by atoms with Crippen LogP contribution >= 0.6 is 0 Å². The lowest BCUT2D eigenvalue weighted by Crippen LogP contribution is -2.11. The summed E-state index contributed by atoms with van der Waals surface area (Å²) in [5, 5.41) is 0. The lowest BCUT2D eigenvalue weighted by Gasteiger charge is -2.17. The van der Waals surface area contributed by atoms with Gasteiger partial charge in [-0.05, 0) is 48.4 Å². The van der Waals surface area contributed by atoms with Crippen molar-refractivity contribution >= 4 is 11.5 Å². The summed E-state index contributed by atoms with van der Waals surface area (Å²) < 4.78 is 43.0. The molecule has 0 saturated carbocycles. The van der Waals surface area contributed by atoms with Gasteiger partial charge in [0.15, 0.2) is 0 Å². The Hall–Kier alpha value is -1.78. The number of benzene rings is 1. The Labute approximate surface area is 128 Å². The Kier molecular flexibility index (Phi) is 4.36. The van der Waals surface area contributed by atoms with Gasteiger partial charge in [-0.3, -0.25) is 0 Å². The first-order valence-corrected chi connectivity index (χ1v) is 7.21. The van der Waals surface area contributed by atoms with Gasteiger partial charge in [0.1, 0.15) is 0 Å². The number of rotatable bonds is 3. The van der Waals surface area contributed by atoms with Crippen molar-refractivity contribution in [3.05, 3.63) is 41.0 Å². The number of alkyl halides is 3. The maximum Gasteiger partial charge on any atom is 0.416 e. The summed E-state index contributed by atoms with van der Waals surface area (Å²) in [6.07, 6.45) is -3.14. The number of carbonyl (C=O) groups is 1. The lowest BCUT2D eigenvalue weighted by molar-refractivity contribution is -0.139. The minimum Gasteiger partial charge on any atom is -0.463 e. The van der Waals surface area contributed by atoms with Crippen molar-refractivity contribution in [1.29, 1.82) is 0 Å². The molecule has 0 radical (unpaired) electrons. The van der Waals surface area contributed by atoms with Crippen LogP contribution in [0.5, 0.6) is 0 Å². The smallest absolute Gasteiger partial charge is 0.416 e. The molecule has 0 amide bonds. The zero-order valence-electron chi connectivity index (χ0n) is 12.9. The molecular formula is C17H19F3O2. The lowest BCUT2D eigenvalue weighted by atomic mass is 9.88. The summed E-state index contributed by atoms with van der Waals surface area (Å²) in [4.78, 5) is 12.1. The highest BCUT2D eigenvalue weighted by Crippen LogP contribution is 2.46. The molecule has 1 aromatic carbocycles. The average Bonchev–Trinajstić information content (AvgIpc) is 2.74. The first kappa shape index (κ1) is 16.6. The maximum atomic E-state index is 12.6. The predicted octanol–water partition coefficient (Wildman–Crippen LogP) is 4.84. The summed E-state index contributed by atoms with van der Waals surface area (Å²) in [5.41, 5.74) is 1.23. The molecule has 0 saturated heterocycles. The van der Waals surface area contributed by atoms with Crippen molar-refractivity contribution in [2.45, 2.75) is 39.8 Å². The van der Waals surface area contributed by atoms with Crippen molar-refractivity contribution in [2.75, 3.05) is 6.61 Å². The molecule has 1 aliphatic rings. The minimum atomic E-state index is -4.36. The van der Waals surface area contributed by atoms with Crippen LogP contribution in [-0.4, -0.2) is 12.6 Å². The third-order valence-electron chi connectivity index (χ3n) is 3.76. The van der Waals surface area contributed by atoms with Crippen molar-refractivity contribution in [1.82, 2.24) is 0 Å². The SMILES string of the molecule is CCOC(=O)C1=C(c2ccc(C(F)(F)F)cc2)CC(C)(C)C1. The number of carbonyl (C=O) groups excluding carboxylic acids is 1. The van der Waals surface area contributed by atoms with E-state index in [1.807, 2.05) is 13.8 Å². The van der Waals surface area contributed by atoms with Gasteiger partial charge in [0.05, 0.1) is 12.2 Å². The van der Waals surface area contributed by atoms with E-state index in [4.69, 9.17) is 4.74 Å². The van der Waals surface area contributed by atoms with Crippen LogP contribution in [0, 0.1) is 5.41 Å². The summed E-state index contributed by atoms with van der Waals surface area (Å²) in [7, 11) is 0. The largest absolute Gasteiger partial charge is 0.463 e. The summed E-state index contributed by atoms with van der Waals surface area (Å²) in [6, 6.07) is 4.96. The van der Waals surface area contributed by atoms with E-state index < -0.39 is 11.7 Å². The molecule has 0 N–H and O–H groups in total. The van der Waals surface area contributed by atoms with Gasteiger partial charge in [-0.25, -0.2) is 4.79 Å². The fourth-order valence-electron chi connectivity index (χ4n) is 2.78. The van der Waals surface area contributed by atoms with Crippen LogP contribution in [0.1, 0.15) is 44.7 Å². The Morgan fingerprint density at radius 2 is 1.77 bits per heavy atom. The predicted molar refractivity (Wildman–Crippen MR) is 78.0 cm³/mol. The molecule has 0 bridgehead atoms. The van der Waals surface area contributed by atoms with E-state index in [0.29, 0.717) is 24.0 Å². The highest BCUT2D eigenvalue weighted by molar-refractivity contribution is 5.99. The van der Waals surface area contributed by atoms with Crippen molar-refractivity contribution < 1.29 is 22.7 Å². The zero-order valence-corrected chi connectivity index (χ0v) is 12.9. The van der Waals surface area contributed by atoms with Gasteiger partial charge < -0.3 is 4.74 Å². The fraction of sp³-hybridized carbons (Fsp3) is 0.471. The molecule has 0 heterocycles. The molecule has 0 aliphatic heterocycles. The van der Waals surface area contributed by atoms with Crippen LogP contribution < -0.4 is 0 Å². The van der Waals surface area contributed by atoms with Gasteiger partial charge >= 0.3 is 12.1 Å². The first-order chi connectivity index (χ1) is 10.1. The zero-order chi connectivity index (χ0) is 16.5. The Balaban J connectivity index is 2.38. The van der Waals surface area contributed by atoms with Crippen LogP contribution in [0.2, 0.25) is 0 Å². The second-order valence-electron chi connectivity index (χ2n) is 6.27. The van der Waals surface area contributed by atoms with E-state index in [-0.39, 0.29) is 18.0 Å². The quantitative estimate of drug-likeness (QED) is 0.746. The van der Waals surface area contributed by atoms with Gasteiger partial charge in [0.2, 0.25) is 0 Å². The third-order valence-corrected chi connectivity index (χ3v) is 3.76. The van der Waals surface area contributed by atoms with Gasteiger partial charge in [-0.1, -0.05) is 26.0 Å². The standard InChI is InChI=1S/C17H19F3O2/c1-4-22-15(21)14-10-16(2,3)9-13(14)11-5-7-12(8-6-11)17(18,19)20/h5-8H,4,9-10H2,1-3H3. The second-order valence-corrected chi connectivity index (χ2v) is 6.27. The summed E-state index contributed by atoms with van der Waals surface area (Å²) in [6.45, 7) is 6.08. The van der Waals surface area contributed by atoms with E-state index in [9.17, 15) is 18.0 Å². The maximum absolute atomic E-state index is 12.6. The van der Waals surface area contributed by atoms with E-state index in [2.05, 4.69) is 0 Å². The van der Waals surface area contributed by atoms with Crippen molar-refractivity contribution in [3.63, 3.8) is 0 Å². The molecule has 0 spiro atoms. The van der Waals surface area contributed by atoms with Crippen molar-refractivity contribution in [2.24, 2.45) is 5.41 Å². The molecule has 22 heavy (non-hydrogen) atoms. The van der Waals surface area contributed by atoms with E-state index in [1.54, 1.807) is 6.92 Å². The molecule has 120 valence electrons. The van der Waals surface area contributed by atoms with Crippen molar-refractivity contribution in [3.8, 4) is 0 Å². The van der Waals surface area contributed by atoms with Crippen LogP contribution in [-0.2, 0) is 15.7 Å². The number of esters is 1. The number of ether oxygens (including phenoxy) is 1. The van der Waals surface area contributed by atoms with Gasteiger partial charge in [-0.2, -0.15) is 13.2 Å². The van der Waals surface area contributed by atoms with Crippen LogP contribution in [0.25, 0.3) is 5.57 Å². The Morgan fingerprint density at radius 3 is 2.27 bits per heavy atom. The molecule has 0 atom stereocenters. The number of halogens is 3. The second kappa shape index (κ2) is 5.78. The molecule has 0 unspecified atom stereocenters. The molecule has 5 heteroatoms. The summed E-state index contributed by atoms with van der Waals surface area (Å²) in [5.74, 6) is -0.372. The number of hydrogen-bond acceptors (Lipinski definition) is 2. The van der Waals surface area contributed by atoms with Gasteiger partial charge in [0, 0.05) is 5.57 Å². The monoisotopic (exact) mass is 312 g/mol. The molecule has 2 nitrogen and oxygen atoms in total. The summed E-state index contributed by atoms with van der Waals surface area (Å²) >= 11 is 0. The Bertz CT molecular complexity index is 595. The van der Waals surface area contributed by atoms with Gasteiger partial charge in [-0.15, -0.1) is 0 Å². The minimum absolute atomic E-state index is 0.0971. The van der Waals surface area contributed by atoms with E-state index in [1.165, 1.54) is 12.1 Å². The molecular weight excluding hydrogens is 293 g/mol. The van der Waals surface area contributed by atoms with Crippen LogP contribution in [0.4, 0.5) is 13.2 Å². The molecule has 2 rings (SSSR count). The topological polar surface area (TPSA) is 26.3 Å². The Morgan fingerprint density at radius 1 is 1.18 bits per heavy atom. The third kappa shape index (κ3) is 3.51. The van der Waals surface area contributed by atoms with E-state index in [0.717, 1.165) is 17.7 Å². The number of allylic oxidation sites excluding steroid dienone is 1. The van der Waals surface area contributed by atoms with Crippen LogP contribution in [0.15, 0.2) is 29.8 Å². The van der Waals surface area contributed by atoms with Crippen LogP contribution in [0.3, 0.4) is 0 Å². The molecule has 1 aromatic rings.